The predicted octanol–water partition coefficient (Wildman–Crippen LogP) is 0.0266. The van der Waals surface area contributed by atoms with Crippen LogP contribution in [0.3, 0.4) is 0 Å². The second-order valence-electron chi connectivity index (χ2n) is 4.77. The number of nitrogens with one attached hydrogen (secondary N) is 1. The van der Waals surface area contributed by atoms with Crippen molar-refractivity contribution in [3.63, 3.8) is 0 Å². The summed E-state index contributed by atoms with van der Waals surface area (Å²) in [5, 5.41) is 3.23. The Kier molecular flexibility index (Phi) is 3.66. The zero-order chi connectivity index (χ0) is 11.6. The maximum Gasteiger partial charge on any atom is 0.151 e. The molecule has 0 spiro atoms. The number of sulfone groups is 1. The molecule has 16 heavy (non-hydrogen) atoms. The summed E-state index contributed by atoms with van der Waals surface area (Å²) in [5.74, 6) is 0.689. The van der Waals surface area contributed by atoms with E-state index in [-0.39, 0.29) is 0 Å². The van der Waals surface area contributed by atoms with Crippen LogP contribution in [0.1, 0.15) is 13.3 Å². The topological polar surface area (TPSA) is 49.4 Å². The van der Waals surface area contributed by atoms with Crippen molar-refractivity contribution in [3.8, 4) is 0 Å². The van der Waals surface area contributed by atoms with E-state index in [9.17, 15) is 8.42 Å². The van der Waals surface area contributed by atoms with Gasteiger partial charge in [0, 0.05) is 26.2 Å². The summed E-state index contributed by atoms with van der Waals surface area (Å²) in [6, 6.07) is 0. The van der Waals surface area contributed by atoms with Crippen LogP contribution in [-0.2, 0) is 9.84 Å². The highest BCUT2D eigenvalue weighted by atomic mass is 32.2. The van der Waals surface area contributed by atoms with Crippen LogP contribution in [0.25, 0.3) is 0 Å². The van der Waals surface area contributed by atoms with Gasteiger partial charge in [0.1, 0.15) is 0 Å². The van der Waals surface area contributed by atoms with Gasteiger partial charge in [-0.1, -0.05) is 5.57 Å². The molecule has 0 radical (unpaired) electrons. The molecule has 0 aromatic carbocycles. The van der Waals surface area contributed by atoms with Crippen LogP contribution < -0.4 is 5.32 Å². The summed E-state index contributed by atoms with van der Waals surface area (Å²) in [5.41, 5.74) is 2.91. The molecule has 2 saturated heterocycles. The van der Waals surface area contributed by atoms with Crippen molar-refractivity contribution < 1.29 is 8.42 Å². The molecule has 92 valence electrons. The lowest BCUT2D eigenvalue weighted by molar-refractivity contribution is 0.318. The number of hydrogen-bond acceptors (Lipinski definition) is 4. The Bertz CT molecular complexity index is 381. The van der Waals surface area contributed by atoms with E-state index in [1.165, 1.54) is 11.1 Å². The van der Waals surface area contributed by atoms with E-state index in [4.69, 9.17) is 0 Å². The highest BCUT2D eigenvalue weighted by Gasteiger charge is 2.20. The van der Waals surface area contributed by atoms with Gasteiger partial charge in [-0.15, -0.1) is 0 Å². The maximum atomic E-state index is 11.5. The van der Waals surface area contributed by atoms with Crippen LogP contribution in [0.5, 0.6) is 0 Å². The molecule has 0 bridgehead atoms. The Morgan fingerprint density at radius 2 is 2.06 bits per heavy atom. The van der Waals surface area contributed by atoms with Gasteiger partial charge < -0.3 is 5.32 Å². The van der Waals surface area contributed by atoms with Crippen molar-refractivity contribution >= 4 is 9.84 Å². The van der Waals surface area contributed by atoms with E-state index in [2.05, 4.69) is 17.1 Å². The smallest absolute Gasteiger partial charge is 0.151 e. The number of rotatable bonds is 2. The molecule has 0 saturated carbocycles. The minimum Gasteiger partial charge on any atom is -0.309 e. The monoisotopic (exact) mass is 244 g/mol. The highest BCUT2D eigenvalue weighted by Crippen LogP contribution is 2.12. The third-order valence-corrected chi connectivity index (χ3v) is 5.10. The Hall–Kier alpha value is -0.390. The average Bonchev–Trinajstić information content (AvgIpc) is 2.25. The predicted molar refractivity (Wildman–Crippen MR) is 65.3 cm³/mol. The molecule has 0 atom stereocenters. The number of nitrogens with zero attached hydrogens (tertiary/aromatic N) is 1. The summed E-state index contributed by atoms with van der Waals surface area (Å²) in [4.78, 5) is 2.27. The summed E-state index contributed by atoms with van der Waals surface area (Å²) >= 11 is 0. The Morgan fingerprint density at radius 1 is 1.31 bits per heavy atom. The fourth-order valence-electron chi connectivity index (χ4n) is 2.15. The first kappa shape index (κ1) is 12.1. The SMILES string of the molecule is CC(CN1CCCS(=O)(=O)CC1)=C1CNC1. The average molecular weight is 244 g/mol. The van der Waals surface area contributed by atoms with Gasteiger partial charge in [0.05, 0.1) is 11.5 Å². The molecular weight excluding hydrogens is 224 g/mol. The van der Waals surface area contributed by atoms with Gasteiger partial charge in [-0.2, -0.15) is 0 Å². The van der Waals surface area contributed by atoms with Crippen molar-refractivity contribution in [3.05, 3.63) is 11.1 Å². The summed E-state index contributed by atoms with van der Waals surface area (Å²) in [6.45, 7) is 6.73. The molecule has 0 aromatic heterocycles. The minimum absolute atomic E-state index is 0.327. The fraction of sp³-hybridized carbons (Fsp3) is 0.818. The lowest BCUT2D eigenvalue weighted by atomic mass is 10.0. The summed E-state index contributed by atoms with van der Waals surface area (Å²) in [6.07, 6.45) is 0.781. The molecule has 4 nitrogen and oxygen atoms in total. The molecule has 2 heterocycles. The van der Waals surface area contributed by atoms with Crippen LogP contribution >= 0.6 is 0 Å². The first-order valence-electron chi connectivity index (χ1n) is 5.88. The van der Waals surface area contributed by atoms with E-state index in [0.29, 0.717) is 18.1 Å². The van der Waals surface area contributed by atoms with Gasteiger partial charge in [-0.25, -0.2) is 8.42 Å². The van der Waals surface area contributed by atoms with E-state index >= 15 is 0 Å². The zero-order valence-electron chi connectivity index (χ0n) is 9.83. The Balaban J connectivity index is 1.91. The molecule has 0 amide bonds. The van der Waals surface area contributed by atoms with Gasteiger partial charge >= 0.3 is 0 Å². The second kappa shape index (κ2) is 4.85. The first-order valence-corrected chi connectivity index (χ1v) is 7.70. The lowest BCUT2D eigenvalue weighted by Gasteiger charge is -2.26. The molecule has 2 aliphatic rings. The van der Waals surface area contributed by atoms with Crippen molar-refractivity contribution in [2.45, 2.75) is 13.3 Å². The van der Waals surface area contributed by atoms with Crippen LogP contribution in [-0.4, -0.2) is 57.5 Å². The third kappa shape index (κ3) is 3.06. The first-order chi connectivity index (χ1) is 7.57. The lowest BCUT2D eigenvalue weighted by Crippen LogP contribution is -2.37. The van der Waals surface area contributed by atoms with Crippen LogP contribution in [0.2, 0.25) is 0 Å². The van der Waals surface area contributed by atoms with Crippen molar-refractivity contribution in [2.24, 2.45) is 0 Å². The largest absolute Gasteiger partial charge is 0.309 e. The summed E-state index contributed by atoms with van der Waals surface area (Å²) < 4.78 is 22.9. The maximum absolute atomic E-state index is 11.5. The molecule has 1 N–H and O–H groups in total. The van der Waals surface area contributed by atoms with Gasteiger partial charge in [-0.3, -0.25) is 4.90 Å². The number of hydrogen-bond donors (Lipinski definition) is 1. The van der Waals surface area contributed by atoms with Crippen LogP contribution in [0.15, 0.2) is 11.1 Å². The molecule has 0 aromatic rings. The minimum atomic E-state index is -2.77. The van der Waals surface area contributed by atoms with Gasteiger partial charge in [0.25, 0.3) is 0 Å². The van der Waals surface area contributed by atoms with Crippen molar-refractivity contribution in [1.82, 2.24) is 10.2 Å². The van der Waals surface area contributed by atoms with Gasteiger partial charge in [-0.05, 0) is 25.5 Å². The molecule has 0 unspecified atom stereocenters. The quantitative estimate of drug-likeness (QED) is 0.696. The van der Waals surface area contributed by atoms with E-state index in [1.54, 1.807) is 0 Å². The van der Waals surface area contributed by atoms with Crippen LogP contribution in [0, 0.1) is 0 Å². The van der Waals surface area contributed by atoms with E-state index in [0.717, 1.165) is 32.6 Å². The Labute approximate surface area is 97.6 Å². The molecular formula is C11H20N2O2S. The summed E-state index contributed by atoms with van der Waals surface area (Å²) in [7, 11) is -2.77. The van der Waals surface area contributed by atoms with E-state index in [1.807, 2.05) is 0 Å². The van der Waals surface area contributed by atoms with Crippen LogP contribution in [0.4, 0.5) is 0 Å². The molecule has 2 fully saturated rings. The Morgan fingerprint density at radius 3 is 2.69 bits per heavy atom. The van der Waals surface area contributed by atoms with Gasteiger partial charge in [0.15, 0.2) is 9.84 Å². The van der Waals surface area contributed by atoms with Crippen molar-refractivity contribution in [2.75, 3.05) is 44.2 Å². The second-order valence-corrected chi connectivity index (χ2v) is 7.07. The van der Waals surface area contributed by atoms with Crippen molar-refractivity contribution in [1.29, 1.82) is 0 Å². The standard InChI is InChI=1S/C11H20N2O2S/c1-10(11-7-12-8-11)9-13-3-2-5-16(14,15)6-4-13/h12H,2-9H2,1H3. The molecule has 2 rings (SSSR count). The normalized spacial score (nSPS) is 25.9. The third-order valence-electron chi connectivity index (χ3n) is 3.39. The zero-order valence-corrected chi connectivity index (χ0v) is 10.6. The molecule has 2 aliphatic heterocycles. The van der Waals surface area contributed by atoms with Gasteiger partial charge in [0.2, 0.25) is 0 Å². The molecule has 5 heteroatoms. The van der Waals surface area contributed by atoms with E-state index < -0.39 is 9.84 Å². The highest BCUT2D eigenvalue weighted by molar-refractivity contribution is 7.91. The fourth-order valence-corrected chi connectivity index (χ4v) is 3.46. The molecule has 0 aliphatic carbocycles.